The van der Waals surface area contributed by atoms with Crippen molar-refractivity contribution in [1.82, 2.24) is 14.9 Å². The third-order valence-corrected chi connectivity index (χ3v) is 5.72. The Labute approximate surface area is 203 Å². The number of halogens is 6. The molecule has 0 saturated carbocycles. The summed E-state index contributed by atoms with van der Waals surface area (Å²) in [5, 5.41) is 2.75. The summed E-state index contributed by atoms with van der Waals surface area (Å²) in [6.45, 7) is 0.451. The van der Waals surface area contributed by atoms with Gasteiger partial charge in [-0.1, -0.05) is 25.1 Å². The number of anilines is 1. The first kappa shape index (κ1) is 27.0. The monoisotopic (exact) mass is 514 g/mol. The van der Waals surface area contributed by atoms with E-state index in [-0.39, 0.29) is 23.5 Å². The third kappa shape index (κ3) is 6.13. The Morgan fingerprint density at radius 2 is 1.97 bits per heavy atom. The topological polar surface area (TPSA) is 96.5 Å². The highest BCUT2D eigenvalue weighted by atomic mass is 19.4. The van der Waals surface area contributed by atoms with Gasteiger partial charge in [-0.25, -0.2) is 23.1 Å². The Morgan fingerprint density at radius 1 is 1.28 bits per heavy atom. The van der Waals surface area contributed by atoms with Crippen molar-refractivity contribution in [3.05, 3.63) is 59.4 Å². The van der Waals surface area contributed by atoms with E-state index in [1.165, 1.54) is 38.4 Å². The van der Waals surface area contributed by atoms with Crippen molar-refractivity contribution >= 4 is 23.5 Å². The van der Waals surface area contributed by atoms with E-state index in [1.54, 1.807) is 0 Å². The Balaban J connectivity index is 1.91. The van der Waals surface area contributed by atoms with Crippen LogP contribution >= 0.6 is 0 Å². The summed E-state index contributed by atoms with van der Waals surface area (Å²) in [5.41, 5.74) is 4.32. The molecule has 3 N–H and O–H groups in total. The van der Waals surface area contributed by atoms with Crippen LogP contribution in [0.5, 0.6) is 0 Å². The molecule has 1 aromatic heterocycles. The molecule has 1 aromatic carbocycles. The number of alkyl halides is 5. The normalized spacial score (nSPS) is 20.8. The van der Waals surface area contributed by atoms with E-state index >= 15 is 0 Å². The van der Waals surface area contributed by atoms with Crippen molar-refractivity contribution in [3.8, 4) is 0 Å². The lowest BCUT2D eigenvalue weighted by molar-refractivity contribution is -0.148. The zero-order valence-corrected chi connectivity index (χ0v) is 19.4. The fraction of sp³-hybridized carbons (Fsp3) is 0.391. The quantitative estimate of drug-likeness (QED) is 0.345. The van der Waals surface area contributed by atoms with Gasteiger partial charge in [0.15, 0.2) is 5.69 Å². The average molecular weight is 514 g/mol. The van der Waals surface area contributed by atoms with Gasteiger partial charge in [0.1, 0.15) is 17.3 Å². The molecule has 2 unspecified atom stereocenters. The van der Waals surface area contributed by atoms with Crippen LogP contribution in [0.15, 0.2) is 47.3 Å². The van der Waals surface area contributed by atoms with E-state index in [9.17, 15) is 31.1 Å². The number of hydrogen-bond acceptors (Lipinski definition) is 6. The van der Waals surface area contributed by atoms with Crippen molar-refractivity contribution in [1.29, 1.82) is 0 Å². The molecule has 1 amide bonds. The molecule has 194 valence electrons. The van der Waals surface area contributed by atoms with Gasteiger partial charge in [-0.15, -0.1) is 0 Å². The summed E-state index contributed by atoms with van der Waals surface area (Å²) in [5.74, 6) is -5.60. The fourth-order valence-electron chi connectivity index (χ4n) is 4.02. The predicted octanol–water partition coefficient (Wildman–Crippen LogP) is 3.99. The molecule has 1 fully saturated rings. The van der Waals surface area contributed by atoms with Gasteiger partial charge >= 0.3 is 6.18 Å². The molecule has 2 atom stereocenters. The Bertz CT molecular complexity index is 1150. The van der Waals surface area contributed by atoms with Crippen LogP contribution in [-0.2, 0) is 11.0 Å². The number of nitrogens with zero attached hydrogens (tertiary/aromatic N) is 4. The summed E-state index contributed by atoms with van der Waals surface area (Å²) in [7, 11) is 1.38. The molecule has 7 nitrogen and oxygen atoms in total. The Hall–Kier alpha value is -3.64. The first-order valence-electron chi connectivity index (χ1n) is 10.8. The lowest BCUT2D eigenvalue weighted by Crippen LogP contribution is -2.58. The first-order valence-corrected chi connectivity index (χ1v) is 10.8. The molecule has 2 aromatic rings. The molecule has 2 heterocycles. The summed E-state index contributed by atoms with van der Waals surface area (Å²) in [6, 6.07) is 4.67. The van der Waals surface area contributed by atoms with Crippen LogP contribution in [0.3, 0.4) is 0 Å². The maximum atomic E-state index is 14.5. The Kier molecular flexibility index (Phi) is 7.89. The fourth-order valence-corrected chi connectivity index (χ4v) is 4.02. The van der Waals surface area contributed by atoms with Crippen LogP contribution in [0.25, 0.3) is 5.57 Å². The number of nitrogens with one attached hydrogen (secondary N) is 1. The van der Waals surface area contributed by atoms with E-state index in [0.29, 0.717) is 6.20 Å². The number of aromatic nitrogens is 2. The van der Waals surface area contributed by atoms with Crippen LogP contribution in [0.4, 0.5) is 32.2 Å². The van der Waals surface area contributed by atoms with Gasteiger partial charge in [0, 0.05) is 37.4 Å². The molecule has 0 aliphatic carbocycles. The third-order valence-electron chi connectivity index (χ3n) is 5.72. The number of carbonyl (C=O) groups excluding carboxylic acids is 1. The van der Waals surface area contributed by atoms with Gasteiger partial charge in [0.05, 0.1) is 25.0 Å². The van der Waals surface area contributed by atoms with Gasteiger partial charge in [-0.3, -0.25) is 9.79 Å². The van der Waals surface area contributed by atoms with Crippen molar-refractivity contribution in [2.45, 2.75) is 31.5 Å². The summed E-state index contributed by atoms with van der Waals surface area (Å²) in [6.07, 6.45) is -2.63. The van der Waals surface area contributed by atoms with E-state index in [1.807, 2.05) is 0 Å². The SMILES string of the molecule is CN=CC(=C(N)C(=O)N1CC(F)(F)CC(C)C1CNc1cnc(C(F)(F)F)cn1)c1ccccc1F. The summed E-state index contributed by atoms with van der Waals surface area (Å²) < 4.78 is 81.5. The molecule has 0 spiro atoms. The number of piperidine rings is 1. The van der Waals surface area contributed by atoms with Gasteiger partial charge in [-0.2, -0.15) is 13.2 Å². The number of hydrogen-bond donors (Lipinski definition) is 2. The molecule has 0 bridgehead atoms. The highest BCUT2D eigenvalue weighted by Crippen LogP contribution is 2.35. The van der Waals surface area contributed by atoms with Crippen LogP contribution in [0.1, 0.15) is 24.6 Å². The van der Waals surface area contributed by atoms with Crippen molar-refractivity contribution in [3.63, 3.8) is 0 Å². The summed E-state index contributed by atoms with van der Waals surface area (Å²) in [4.78, 5) is 25.0. The number of nitrogens with two attached hydrogens (primary N) is 1. The average Bonchev–Trinajstić information content (AvgIpc) is 2.80. The smallest absolute Gasteiger partial charge is 0.394 e. The van der Waals surface area contributed by atoms with E-state index in [4.69, 9.17) is 5.73 Å². The lowest BCUT2D eigenvalue weighted by atomic mass is 9.88. The minimum atomic E-state index is -4.67. The zero-order valence-electron chi connectivity index (χ0n) is 19.4. The highest BCUT2D eigenvalue weighted by Gasteiger charge is 2.46. The van der Waals surface area contributed by atoms with Gasteiger partial charge in [0.2, 0.25) is 0 Å². The Morgan fingerprint density at radius 3 is 2.56 bits per heavy atom. The molecule has 13 heteroatoms. The summed E-state index contributed by atoms with van der Waals surface area (Å²) >= 11 is 0. The maximum absolute atomic E-state index is 14.5. The second-order valence-corrected chi connectivity index (χ2v) is 8.40. The second kappa shape index (κ2) is 10.5. The minimum absolute atomic E-state index is 0.0273. The molecule has 36 heavy (non-hydrogen) atoms. The van der Waals surface area contributed by atoms with Gasteiger partial charge in [-0.05, 0) is 12.0 Å². The van der Waals surface area contributed by atoms with Crippen LogP contribution in [0, 0.1) is 11.7 Å². The molecular formula is C23H24F6N6O. The number of carbonyl (C=O) groups is 1. The second-order valence-electron chi connectivity index (χ2n) is 8.40. The van der Waals surface area contributed by atoms with Crippen molar-refractivity contribution in [2.75, 3.05) is 25.5 Å². The standard InChI is InChI=1S/C23H24F6N6O/c1-13-7-22(25,26)12-35(17(13)9-33-19-11-32-18(10-34-19)23(27,28)29)21(36)20(30)15(8-31-2)14-5-3-4-6-16(14)24/h3-6,8,10-11,13,17H,7,9,12,30H2,1-2H3,(H,33,34). The number of benzene rings is 1. The van der Waals surface area contributed by atoms with Gasteiger partial charge < -0.3 is 16.0 Å². The molecule has 1 saturated heterocycles. The van der Waals surface area contributed by atoms with Crippen molar-refractivity contribution < 1.29 is 31.1 Å². The zero-order chi connectivity index (χ0) is 26.7. The first-order chi connectivity index (χ1) is 16.8. The highest BCUT2D eigenvalue weighted by molar-refractivity contribution is 6.18. The molecular weight excluding hydrogens is 490 g/mol. The number of aliphatic imine (C=N–C) groups is 1. The van der Waals surface area contributed by atoms with Gasteiger partial charge in [0.25, 0.3) is 11.8 Å². The van der Waals surface area contributed by atoms with Crippen molar-refractivity contribution in [2.24, 2.45) is 16.6 Å². The number of likely N-dealkylation sites (tertiary alicyclic amines) is 1. The van der Waals surface area contributed by atoms with E-state index in [0.717, 1.165) is 17.2 Å². The number of allylic oxidation sites excluding steroid dienone is 1. The minimum Gasteiger partial charge on any atom is -0.394 e. The van der Waals surface area contributed by atoms with E-state index in [2.05, 4.69) is 20.3 Å². The molecule has 0 radical (unpaired) electrons. The van der Waals surface area contributed by atoms with Crippen LogP contribution < -0.4 is 11.1 Å². The largest absolute Gasteiger partial charge is 0.434 e. The predicted molar refractivity (Wildman–Crippen MR) is 122 cm³/mol. The molecule has 1 aliphatic heterocycles. The maximum Gasteiger partial charge on any atom is 0.434 e. The molecule has 3 rings (SSSR count). The number of amides is 1. The lowest BCUT2D eigenvalue weighted by Gasteiger charge is -2.43. The van der Waals surface area contributed by atoms with Crippen LogP contribution in [0.2, 0.25) is 0 Å². The van der Waals surface area contributed by atoms with E-state index < -0.39 is 60.1 Å². The number of rotatable bonds is 6. The van der Waals surface area contributed by atoms with Crippen LogP contribution in [-0.4, -0.2) is 59.1 Å². The molecule has 1 aliphatic rings.